The van der Waals surface area contributed by atoms with E-state index in [1.54, 1.807) is 6.20 Å². The van der Waals surface area contributed by atoms with Crippen molar-refractivity contribution in [3.05, 3.63) is 65.7 Å². The number of nitrogens with one attached hydrogen (secondary N) is 1. The Bertz CT molecular complexity index is 738. The molecule has 108 valence electrons. The van der Waals surface area contributed by atoms with E-state index in [0.717, 1.165) is 17.9 Å². The fraction of sp³-hybridized carbons (Fsp3) is 0.235. The minimum atomic E-state index is 0.811. The van der Waals surface area contributed by atoms with Crippen LogP contribution in [0.25, 0.3) is 5.69 Å². The Labute approximate surface area is 125 Å². The number of benzene rings is 1. The third-order valence-corrected chi connectivity index (χ3v) is 4.00. The molecular formula is C17H20N4. The summed E-state index contributed by atoms with van der Waals surface area (Å²) in [6, 6.07) is 12.4. The molecule has 4 nitrogen and oxygen atoms in total. The van der Waals surface area contributed by atoms with E-state index in [0.29, 0.717) is 0 Å². The minimum Gasteiger partial charge on any atom is -0.379 e. The standard InChI is InChI=1S/C17H20N4/c1-13-11-15(14(2)20(13)3)12-18-16-7-4-5-8-17(16)21-10-6-9-19-21/h4-11,18H,12H2,1-3H3. The summed E-state index contributed by atoms with van der Waals surface area (Å²) in [7, 11) is 2.10. The van der Waals surface area contributed by atoms with Crippen LogP contribution < -0.4 is 5.32 Å². The highest BCUT2D eigenvalue weighted by Gasteiger charge is 2.08. The molecule has 0 saturated heterocycles. The van der Waals surface area contributed by atoms with Gasteiger partial charge in [0.15, 0.2) is 0 Å². The molecule has 1 N–H and O–H groups in total. The second kappa shape index (κ2) is 5.48. The fourth-order valence-electron chi connectivity index (χ4n) is 2.54. The van der Waals surface area contributed by atoms with Crippen LogP contribution in [0.2, 0.25) is 0 Å². The van der Waals surface area contributed by atoms with Crippen molar-refractivity contribution in [3.63, 3.8) is 0 Å². The third kappa shape index (κ3) is 2.57. The Kier molecular flexibility index (Phi) is 3.52. The lowest BCUT2D eigenvalue weighted by atomic mass is 10.2. The van der Waals surface area contributed by atoms with Crippen LogP contribution in [-0.2, 0) is 13.6 Å². The smallest absolute Gasteiger partial charge is 0.0876 e. The molecule has 0 aliphatic rings. The van der Waals surface area contributed by atoms with Gasteiger partial charge in [0, 0.05) is 37.4 Å². The Morgan fingerprint density at radius 3 is 2.62 bits per heavy atom. The number of nitrogens with zero attached hydrogens (tertiary/aromatic N) is 3. The van der Waals surface area contributed by atoms with Crippen molar-refractivity contribution in [2.75, 3.05) is 5.32 Å². The van der Waals surface area contributed by atoms with Crippen LogP contribution in [0.4, 0.5) is 5.69 Å². The molecule has 0 aliphatic heterocycles. The number of aryl methyl sites for hydroxylation is 1. The number of anilines is 1. The van der Waals surface area contributed by atoms with Crippen molar-refractivity contribution >= 4 is 5.69 Å². The Morgan fingerprint density at radius 2 is 1.95 bits per heavy atom. The molecule has 2 heterocycles. The monoisotopic (exact) mass is 280 g/mol. The SMILES string of the molecule is Cc1cc(CNc2ccccc2-n2cccn2)c(C)n1C. The van der Waals surface area contributed by atoms with Crippen molar-refractivity contribution in [2.24, 2.45) is 7.05 Å². The molecule has 0 radical (unpaired) electrons. The Hall–Kier alpha value is -2.49. The fourth-order valence-corrected chi connectivity index (χ4v) is 2.54. The molecule has 0 unspecified atom stereocenters. The average Bonchev–Trinajstić information content (AvgIpc) is 3.11. The van der Waals surface area contributed by atoms with Gasteiger partial charge in [-0.15, -0.1) is 0 Å². The zero-order chi connectivity index (χ0) is 14.8. The lowest BCUT2D eigenvalue weighted by Gasteiger charge is -2.12. The van der Waals surface area contributed by atoms with Crippen molar-refractivity contribution < 1.29 is 0 Å². The summed E-state index contributed by atoms with van der Waals surface area (Å²) in [4.78, 5) is 0. The molecule has 0 saturated carbocycles. The Morgan fingerprint density at radius 1 is 1.14 bits per heavy atom. The van der Waals surface area contributed by atoms with Crippen LogP contribution in [0.1, 0.15) is 17.0 Å². The van der Waals surface area contributed by atoms with E-state index in [-0.39, 0.29) is 0 Å². The maximum absolute atomic E-state index is 4.31. The summed E-state index contributed by atoms with van der Waals surface area (Å²) >= 11 is 0. The van der Waals surface area contributed by atoms with Gasteiger partial charge in [-0.3, -0.25) is 0 Å². The highest BCUT2D eigenvalue weighted by molar-refractivity contribution is 5.60. The van der Waals surface area contributed by atoms with E-state index < -0.39 is 0 Å². The third-order valence-electron chi connectivity index (χ3n) is 4.00. The summed E-state index contributed by atoms with van der Waals surface area (Å²) < 4.78 is 4.10. The first-order valence-electron chi connectivity index (χ1n) is 7.11. The number of para-hydroxylation sites is 2. The number of rotatable bonds is 4. The highest BCUT2D eigenvalue weighted by atomic mass is 15.3. The molecule has 1 aromatic carbocycles. The lowest BCUT2D eigenvalue weighted by Crippen LogP contribution is -2.05. The first-order valence-corrected chi connectivity index (χ1v) is 7.11. The van der Waals surface area contributed by atoms with Gasteiger partial charge >= 0.3 is 0 Å². The van der Waals surface area contributed by atoms with Crippen molar-refractivity contribution in [1.82, 2.24) is 14.3 Å². The molecule has 3 rings (SSSR count). The molecule has 0 atom stereocenters. The molecule has 0 spiro atoms. The predicted molar refractivity (Wildman–Crippen MR) is 85.8 cm³/mol. The average molecular weight is 280 g/mol. The van der Waals surface area contributed by atoms with E-state index >= 15 is 0 Å². The quantitative estimate of drug-likeness (QED) is 0.794. The first-order chi connectivity index (χ1) is 10.2. The number of hydrogen-bond acceptors (Lipinski definition) is 2. The van der Waals surface area contributed by atoms with E-state index in [1.165, 1.54) is 17.0 Å². The van der Waals surface area contributed by atoms with Crippen molar-refractivity contribution in [2.45, 2.75) is 20.4 Å². The molecule has 21 heavy (non-hydrogen) atoms. The van der Waals surface area contributed by atoms with E-state index in [9.17, 15) is 0 Å². The Balaban J connectivity index is 1.84. The van der Waals surface area contributed by atoms with Gasteiger partial charge in [0.05, 0.1) is 11.4 Å². The number of hydrogen-bond donors (Lipinski definition) is 1. The van der Waals surface area contributed by atoms with Crippen molar-refractivity contribution in [1.29, 1.82) is 0 Å². The largest absolute Gasteiger partial charge is 0.379 e. The van der Waals surface area contributed by atoms with Gasteiger partial charge in [-0.25, -0.2) is 4.68 Å². The van der Waals surface area contributed by atoms with Gasteiger partial charge in [-0.2, -0.15) is 5.10 Å². The summed E-state index contributed by atoms with van der Waals surface area (Å²) in [5.41, 5.74) is 6.06. The molecule has 3 aromatic rings. The molecule has 0 fully saturated rings. The van der Waals surface area contributed by atoms with Crippen LogP contribution in [0, 0.1) is 13.8 Å². The summed E-state index contributed by atoms with van der Waals surface area (Å²) in [5, 5.41) is 7.84. The van der Waals surface area contributed by atoms with Crippen molar-refractivity contribution in [3.8, 4) is 5.69 Å². The molecule has 4 heteroatoms. The van der Waals surface area contributed by atoms with Gasteiger partial charge < -0.3 is 9.88 Å². The van der Waals surface area contributed by atoms with Crippen LogP contribution in [0.3, 0.4) is 0 Å². The minimum absolute atomic E-state index is 0.811. The van der Waals surface area contributed by atoms with Crippen LogP contribution >= 0.6 is 0 Å². The van der Waals surface area contributed by atoms with Gasteiger partial charge in [0.2, 0.25) is 0 Å². The molecule has 0 amide bonds. The lowest BCUT2D eigenvalue weighted by molar-refractivity contribution is 0.836. The van der Waals surface area contributed by atoms with E-state index in [2.05, 4.69) is 54.1 Å². The topological polar surface area (TPSA) is 34.8 Å². The molecule has 0 aliphatic carbocycles. The van der Waals surface area contributed by atoms with Gasteiger partial charge in [0.25, 0.3) is 0 Å². The van der Waals surface area contributed by atoms with Gasteiger partial charge in [-0.05, 0) is 43.7 Å². The summed E-state index contributed by atoms with van der Waals surface area (Å²) in [5.74, 6) is 0. The molecular weight excluding hydrogens is 260 g/mol. The van der Waals surface area contributed by atoms with Crippen LogP contribution in [-0.4, -0.2) is 14.3 Å². The molecule has 0 bridgehead atoms. The number of aromatic nitrogens is 3. The normalized spacial score (nSPS) is 10.8. The van der Waals surface area contributed by atoms with E-state index in [4.69, 9.17) is 0 Å². The second-order valence-electron chi connectivity index (χ2n) is 5.28. The van der Waals surface area contributed by atoms with Gasteiger partial charge in [-0.1, -0.05) is 12.1 Å². The zero-order valence-electron chi connectivity index (χ0n) is 12.7. The van der Waals surface area contributed by atoms with Gasteiger partial charge in [0.1, 0.15) is 0 Å². The highest BCUT2D eigenvalue weighted by Crippen LogP contribution is 2.21. The molecule has 2 aromatic heterocycles. The zero-order valence-corrected chi connectivity index (χ0v) is 12.7. The van der Waals surface area contributed by atoms with Crippen LogP contribution in [0.15, 0.2) is 48.8 Å². The first kappa shape index (κ1) is 13.5. The predicted octanol–water partition coefficient (Wildman–Crippen LogP) is 3.44. The maximum atomic E-state index is 4.31. The summed E-state index contributed by atoms with van der Waals surface area (Å²) in [6.07, 6.45) is 3.75. The summed E-state index contributed by atoms with van der Waals surface area (Å²) in [6.45, 7) is 5.10. The van der Waals surface area contributed by atoms with Crippen LogP contribution in [0.5, 0.6) is 0 Å². The second-order valence-corrected chi connectivity index (χ2v) is 5.28. The maximum Gasteiger partial charge on any atom is 0.0876 e. The van der Waals surface area contributed by atoms with E-state index in [1.807, 2.05) is 29.1 Å².